The highest BCUT2D eigenvalue weighted by atomic mass is 32.1. The van der Waals surface area contributed by atoms with Crippen LogP contribution in [0.3, 0.4) is 0 Å². The Kier molecular flexibility index (Phi) is 3.01. The first-order chi connectivity index (χ1) is 8.74. The van der Waals surface area contributed by atoms with Gasteiger partial charge in [0.15, 0.2) is 4.77 Å². The molecule has 92 valence electrons. The molecule has 0 saturated heterocycles. The second-order valence-corrected chi connectivity index (χ2v) is 5.29. The Bertz CT molecular complexity index is 725. The van der Waals surface area contributed by atoms with Crippen molar-refractivity contribution in [3.63, 3.8) is 0 Å². The number of hydrogen-bond acceptors (Lipinski definition) is 2. The van der Waals surface area contributed by atoms with E-state index in [2.05, 4.69) is 21.8 Å². The van der Waals surface area contributed by atoms with Crippen molar-refractivity contribution < 1.29 is 4.39 Å². The van der Waals surface area contributed by atoms with E-state index in [0.717, 1.165) is 24.0 Å². The monoisotopic (exact) mass is 278 g/mol. The highest BCUT2D eigenvalue weighted by Crippen LogP contribution is 2.17. The molecular weight excluding hydrogens is 267 g/mol. The van der Waals surface area contributed by atoms with Gasteiger partial charge in [-0.3, -0.25) is 0 Å². The van der Waals surface area contributed by atoms with Crippen LogP contribution in [0.2, 0.25) is 0 Å². The molecule has 0 atom stereocenters. The third kappa shape index (κ3) is 2.11. The zero-order chi connectivity index (χ0) is 12.5. The lowest BCUT2D eigenvalue weighted by Gasteiger charge is -2.03. The summed E-state index contributed by atoms with van der Waals surface area (Å²) in [7, 11) is 0. The number of aromatic amines is 1. The molecule has 0 spiro atoms. The van der Waals surface area contributed by atoms with Crippen molar-refractivity contribution in [2.75, 3.05) is 0 Å². The largest absolute Gasteiger partial charge is 0.331 e. The third-order valence-electron chi connectivity index (χ3n) is 2.94. The normalized spacial score (nSPS) is 11.2. The number of aryl methyl sites for hydroxylation is 2. The van der Waals surface area contributed by atoms with E-state index in [0.29, 0.717) is 4.77 Å². The lowest BCUT2D eigenvalue weighted by molar-refractivity contribution is 0.627. The van der Waals surface area contributed by atoms with Crippen molar-refractivity contribution in [2.45, 2.75) is 13.0 Å². The van der Waals surface area contributed by atoms with Crippen molar-refractivity contribution in [2.24, 2.45) is 0 Å². The summed E-state index contributed by atoms with van der Waals surface area (Å²) in [5, 5.41) is 4.18. The summed E-state index contributed by atoms with van der Waals surface area (Å²) in [4.78, 5) is 3.10. The van der Waals surface area contributed by atoms with Crippen LogP contribution in [-0.4, -0.2) is 9.55 Å². The summed E-state index contributed by atoms with van der Waals surface area (Å²) in [5.74, 6) is -0.235. The summed E-state index contributed by atoms with van der Waals surface area (Å²) >= 11 is 6.96. The van der Waals surface area contributed by atoms with Crippen LogP contribution in [0, 0.1) is 10.6 Å². The van der Waals surface area contributed by atoms with Gasteiger partial charge < -0.3 is 9.55 Å². The molecule has 0 fully saturated rings. The standard InChI is InChI=1S/C13H11FN2S2/c14-10-1-2-11-12(7-10)16(13(17)15-11)5-3-9-4-6-18-8-9/h1-2,4,6-8H,3,5H2,(H,15,17). The summed E-state index contributed by atoms with van der Waals surface area (Å²) in [6, 6.07) is 6.79. The zero-order valence-corrected chi connectivity index (χ0v) is 11.2. The van der Waals surface area contributed by atoms with Gasteiger partial charge in [0.05, 0.1) is 11.0 Å². The number of halogens is 1. The molecule has 1 aromatic carbocycles. The number of thiophene rings is 1. The van der Waals surface area contributed by atoms with Gasteiger partial charge in [0.25, 0.3) is 0 Å². The number of nitrogens with zero attached hydrogens (tertiary/aromatic N) is 1. The minimum Gasteiger partial charge on any atom is -0.331 e. The van der Waals surface area contributed by atoms with Crippen LogP contribution >= 0.6 is 23.6 Å². The number of benzene rings is 1. The fraction of sp³-hybridized carbons (Fsp3) is 0.154. The third-order valence-corrected chi connectivity index (χ3v) is 4.00. The second kappa shape index (κ2) is 4.66. The molecule has 0 bridgehead atoms. The van der Waals surface area contributed by atoms with Gasteiger partial charge in [0.2, 0.25) is 0 Å². The Labute approximate surface area is 113 Å². The Balaban J connectivity index is 1.98. The van der Waals surface area contributed by atoms with E-state index >= 15 is 0 Å². The Hall–Kier alpha value is -1.46. The molecule has 3 rings (SSSR count). The summed E-state index contributed by atoms with van der Waals surface area (Å²) in [6.45, 7) is 0.763. The van der Waals surface area contributed by atoms with E-state index in [1.807, 2.05) is 4.57 Å². The molecule has 0 aliphatic carbocycles. The molecule has 2 nitrogen and oxygen atoms in total. The van der Waals surface area contributed by atoms with Crippen molar-refractivity contribution in [1.29, 1.82) is 0 Å². The van der Waals surface area contributed by atoms with Crippen LogP contribution in [0.4, 0.5) is 4.39 Å². The van der Waals surface area contributed by atoms with Gasteiger partial charge in [0.1, 0.15) is 5.82 Å². The number of fused-ring (bicyclic) bond motifs is 1. The first-order valence-corrected chi connectivity index (χ1v) is 6.98. The maximum atomic E-state index is 13.3. The number of nitrogens with one attached hydrogen (secondary N) is 1. The SMILES string of the molecule is Fc1ccc2[nH]c(=S)n(CCc3ccsc3)c2c1. The molecule has 2 heterocycles. The first kappa shape index (κ1) is 11.6. The number of aromatic nitrogens is 2. The molecule has 0 radical (unpaired) electrons. The number of rotatable bonds is 3. The maximum absolute atomic E-state index is 13.3. The summed E-state index contributed by atoms with van der Waals surface area (Å²) < 4.78 is 15.9. The van der Waals surface area contributed by atoms with Gasteiger partial charge in [-0.1, -0.05) is 0 Å². The predicted molar refractivity (Wildman–Crippen MR) is 75.1 cm³/mol. The predicted octanol–water partition coefficient (Wildman–Crippen LogP) is 4.14. The van der Waals surface area contributed by atoms with Gasteiger partial charge in [-0.15, -0.1) is 0 Å². The minimum absolute atomic E-state index is 0.235. The van der Waals surface area contributed by atoms with E-state index < -0.39 is 0 Å². The van der Waals surface area contributed by atoms with E-state index in [4.69, 9.17) is 12.2 Å². The molecule has 3 aromatic rings. The summed E-state index contributed by atoms with van der Waals surface area (Å²) in [6.07, 6.45) is 0.904. The molecular formula is C13H11FN2S2. The van der Waals surface area contributed by atoms with Gasteiger partial charge in [0, 0.05) is 6.54 Å². The van der Waals surface area contributed by atoms with E-state index in [-0.39, 0.29) is 5.82 Å². The number of hydrogen-bond donors (Lipinski definition) is 1. The summed E-state index contributed by atoms with van der Waals surface area (Å²) in [5.41, 5.74) is 3.00. The molecule has 5 heteroatoms. The Morgan fingerprint density at radius 2 is 2.22 bits per heavy atom. The van der Waals surface area contributed by atoms with Crippen molar-refractivity contribution in [3.05, 3.63) is 51.2 Å². The second-order valence-electron chi connectivity index (χ2n) is 4.12. The van der Waals surface area contributed by atoms with E-state index in [1.54, 1.807) is 17.4 Å². The maximum Gasteiger partial charge on any atom is 0.178 e. The average Bonchev–Trinajstić information content (AvgIpc) is 2.94. The molecule has 0 aliphatic heterocycles. The fourth-order valence-electron chi connectivity index (χ4n) is 2.02. The Morgan fingerprint density at radius 1 is 1.33 bits per heavy atom. The number of H-pyrrole nitrogens is 1. The van der Waals surface area contributed by atoms with Crippen LogP contribution in [0.1, 0.15) is 5.56 Å². The zero-order valence-electron chi connectivity index (χ0n) is 9.52. The molecule has 0 unspecified atom stereocenters. The van der Waals surface area contributed by atoms with E-state index in [9.17, 15) is 4.39 Å². The highest BCUT2D eigenvalue weighted by molar-refractivity contribution is 7.71. The van der Waals surface area contributed by atoms with E-state index in [1.165, 1.54) is 17.7 Å². The van der Waals surface area contributed by atoms with Crippen LogP contribution in [0.15, 0.2) is 35.0 Å². The van der Waals surface area contributed by atoms with Crippen molar-refractivity contribution >= 4 is 34.6 Å². The minimum atomic E-state index is -0.235. The molecule has 0 aliphatic rings. The highest BCUT2D eigenvalue weighted by Gasteiger charge is 2.05. The smallest absolute Gasteiger partial charge is 0.178 e. The van der Waals surface area contributed by atoms with Crippen LogP contribution < -0.4 is 0 Å². The van der Waals surface area contributed by atoms with Crippen molar-refractivity contribution in [3.8, 4) is 0 Å². The lowest BCUT2D eigenvalue weighted by Crippen LogP contribution is -2.00. The molecule has 0 saturated carbocycles. The van der Waals surface area contributed by atoms with Crippen LogP contribution in [-0.2, 0) is 13.0 Å². The first-order valence-electron chi connectivity index (χ1n) is 5.63. The van der Waals surface area contributed by atoms with Gasteiger partial charge in [-0.05, 0) is 59.2 Å². The van der Waals surface area contributed by atoms with Crippen LogP contribution in [0.25, 0.3) is 11.0 Å². The Morgan fingerprint density at radius 3 is 3.00 bits per heavy atom. The van der Waals surface area contributed by atoms with Crippen LogP contribution in [0.5, 0.6) is 0 Å². The molecule has 1 N–H and O–H groups in total. The molecule has 18 heavy (non-hydrogen) atoms. The van der Waals surface area contributed by atoms with Crippen molar-refractivity contribution in [1.82, 2.24) is 9.55 Å². The molecule has 2 aromatic heterocycles. The fourth-order valence-corrected chi connectivity index (χ4v) is 3.03. The van der Waals surface area contributed by atoms with Gasteiger partial charge in [-0.25, -0.2) is 4.39 Å². The van der Waals surface area contributed by atoms with Gasteiger partial charge in [-0.2, -0.15) is 11.3 Å². The lowest BCUT2D eigenvalue weighted by atomic mass is 10.2. The number of imidazole rings is 1. The topological polar surface area (TPSA) is 20.7 Å². The quantitative estimate of drug-likeness (QED) is 0.714. The molecule has 0 amide bonds. The van der Waals surface area contributed by atoms with Gasteiger partial charge >= 0.3 is 0 Å². The average molecular weight is 278 g/mol.